The maximum absolute atomic E-state index is 7.88. The molecule has 11 heavy (non-hydrogen) atoms. The SMILES string of the molecule is [N-]=[N+]=NCC#Cc1cnoc1. The lowest BCUT2D eigenvalue weighted by Crippen LogP contribution is -1.69. The van der Waals surface area contributed by atoms with Crippen molar-refractivity contribution in [1.82, 2.24) is 5.16 Å². The number of hydrogen-bond donors (Lipinski definition) is 0. The van der Waals surface area contributed by atoms with E-state index < -0.39 is 0 Å². The first-order chi connectivity index (χ1) is 5.43. The molecule has 0 saturated carbocycles. The Morgan fingerprint density at radius 2 is 2.73 bits per heavy atom. The summed E-state index contributed by atoms with van der Waals surface area (Å²) in [5.74, 6) is 5.31. The van der Waals surface area contributed by atoms with Crippen LogP contribution in [0.2, 0.25) is 0 Å². The predicted octanol–water partition coefficient (Wildman–Crippen LogP) is 1.34. The molecule has 1 aromatic heterocycles. The molecule has 0 N–H and O–H groups in total. The van der Waals surface area contributed by atoms with Crippen LogP contribution in [0.1, 0.15) is 5.56 Å². The van der Waals surface area contributed by atoms with Gasteiger partial charge < -0.3 is 4.52 Å². The van der Waals surface area contributed by atoms with Crippen molar-refractivity contribution in [3.05, 3.63) is 28.5 Å². The second kappa shape index (κ2) is 3.99. The number of rotatable bonds is 1. The van der Waals surface area contributed by atoms with E-state index in [4.69, 9.17) is 5.53 Å². The van der Waals surface area contributed by atoms with Crippen molar-refractivity contribution in [3.63, 3.8) is 0 Å². The van der Waals surface area contributed by atoms with Gasteiger partial charge in [0, 0.05) is 4.91 Å². The van der Waals surface area contributed by atoms with Gasteiger partial charge in [-0.2, -0.15) is 0 Å². The zero-order chi connectivity index (χ0) is 7.94. The van der Waals surface area contributed by atoms with Gasteiger partial charge in [-0.15, -0.1) is 0 Å². The van der Waals surface area contributed by atoms with E-state index in [9.17, 15) is 0 Å². The van der Waals surface area contributed by atoms with Gasteiger partial charge in [-0.3, -0.25) is 0 Å². The molecule has 0 amide bonds. The summed E-state index contributed by atoms with van der Waals surface area (Å²) in [7, 11) is 0. The third-order valence-electron chi connectivity index (χ3n) is 0.878. The van der Waals surface area contributed by atoms with Crippen molar-refractivity contribution < 1.29 is 4.52 Å². The van der Waals surface area contributed by atoms with Gasteiger partial charge in [0.15, 0.2) is 0 Å². The van der Waals surface area contributed by atoms with Crippen LogP contribution in [0.25, 0.3) is 10.4 Å². The molecular formula is C6H4N4O. The minimum Gasteiger partial charge on any atom is -0.363 e. The van der Waals surface area contributed by atoms with Crippen LogP contribution in [-0.4, -0.2) is 11.7 Å². The molecule has 0 aliphatic heterocycles. The van der Waals surface area contributed by atoms with E-state index in [2.05, 4.69) is 31.5 Å². The van der Waals surface area contributed by atoms with Crippen molar-refractivity contribution in [2.24, 2.45) is 5.11 Å². The normalized spacial score (nSPS) is 7.64. The van der Waals surface area contributed by atoms with Crippen molar-refractivity contribution in [2.75, 3.05) is 6.54 Å². The van der Waals surface area contributed by atoms with Gasteiger partial charge >= 0.3 is 0 Å². The van der Waals surface area contributed by atoms with E-state index >= 15 is 0 Å². The summed E-state index contributed by atoms with van der Waals surface area (Å²) >= 11 is 0. The molecule has 54 valence electrons. The summed E-state index contributed by atoms with van der Waals surface area (Å²) in [4.78, 5) is 2.54. The highest BCUT2D eigenvalue weighted by molar-refractivity contribution is 5.28. The molecular weight excluding hydrogens is 144 g/mol. The minimum absolute atomic E-state index is 0.168. The summed E-state index contributed by atoms with van der Waals surface area (Å²) in [6.07, 6.45) is 2.91. The lowest BCUT2D eigenvalue weighted by molar-refractivity contribution is 0.419. The largest absolute Gasteiger partial charge is 0.363 e. The van der Waals surface area contributed by atoms with Gasteiger partial charge in [-0.05, 0) is 5.53 Å². The monoisotopic (exact) mass is 148 g/mol. The van der Waals surface area contributed by atoms with Crippen LogP contribution in [0.4, 0.5) is 0 Å². The fourth-order valence-corrected chi connectivity index (χ4v) is 0.475. The van der Waals surface area contributed by atoms with E-state index in [1.165, 1.54) is 12.5 Å². The van der Waals surface area contributed by atoms with E-state index in [1.54, 1.807) is 0 Å². The van der Waals surface area contributed by atoms with Gasteiger partial charge in [0.05, 0.1) is 18.3 Å². The summed E-state index contributed by atoms with van der Waals surface area (Å²) in [6, 6.07) is 0. The molecule has 5 heteroatoms. The Labute approximate surface area is 62.6 Å². The molecule has 0 spiro atoms. The fourth-order valence-electron chi connectivity index (χ4n) is 0.475. The quantitative estimate of drug-likeness (QED) is 0.261. The third-order valence-corrected chi connectivity index (χ3v) is 0.878. The van der Waals surface area contributed by atoms with Crippen molar-refractivity contribution >= 4 is 0 Å². The van der Waals surface area contributed by atoms with Crippen molar-refractivity contribution in [2.45, 2.75) is 0 Å². The second-order valence-electron chi connectivity index (χ2n) is 1.60. The van der Waals surface area contributed by atoms with Crippen LogP contribution >= 0.6 is 0 Å². The average molecular weight is 148 g/mol. The molecule has 0 saturated heterocycles. The Bertz CT molecular complexity index is 312. The molecule has 0 atom stereocenters. The van der Waals surface area contributed by atoms with Gasteiger partial charge in [-0.1, -0.05) is 22.1 Å². The average Bonchev–Trinajstić information content (AvgIpc) is 2.50. The molecule has 1 rings (SSSR count). The van der Waals surface area contributed by atoms with Crippen LogP contribution in [0, 0.1) is 11.8 Å². The number of azide groups is 1. The highest BCUT2D eigenvalue weighted by Crippen LogP contribution is 1.91. The summed E-state index contributed by atoms with van der Waals surface area (Å²) in [6.45, 7) is 0.168. The maximum atomic E-state index is 7.88. The molecule has 0 fully saturated rings. The number of nitrogens with zero attached hydrogens (tertiary/aromatic N) is 4. The lowest BCUT2D eigenvalue weighted by atomic mass is 10.4. The van der Waals surface area contributed by atoms with Crippen molar-refractivity contribution in [3.8, 4) is 11.8 Å². The standard InChI is InChI=1S/C6H4N4O/c7-10-8-3-1-2-6-4-9-11-5-6/h4-5H,3H2. The molecule has 0 bridgehead atoms. The van der Waals surface area contributed by atoms with Gasteiger partial charge in [-0.25, -0.2) is 0 Å². The third kappa shape index (κ3) is 2.43. The number of aromatic nitrogens is 1. The first-order valence-electron chi connectivity index (χ1n) is 2.82. The highest BCUT2D eigenvalue weighted by Gasteiger charge is 1.84. The minimum atomic E-state index is 0.168. The lowest BCUT2D eigenvalue weighted by Gasteiger charge is -1.70. The predicted molar refractivity (Wildman–Crippen MR) is 37.4 cm³/mol. The van der Waals surface area contributed by atoms with E-state index in [1.807, 2.05) is 0 Å². The van der Waals surface area contributed by atoms with Crippen LogP contribution in [0.5, 0.6) is 0 Å². The Morgan fingerprint density at radius 1 is 1.82 bits per heavy atom. The summed E-state index contributed by atoms with van der Waals surface area (Å²) in [5.41, 5.74) is 8.56. The molecule has 0 radical (unpaired) electrons. The Hall–Kier alpha value is -1.92. The highest BCUT2D eigenvalue weighted by atomic mass is 16.5. The summed E-state index contributed by atoms with van der Waals surface area (Å²) < 4.78 is 4.52. The second-order valence-corrected chi connectivity index (χ2v) is 1.60. The van der Waals surface area contributed by atoms with Gasteiger partial charge in [0.25, 0.3) is 0 Å². The molecule has 5 nitrogen and oxygen atoms in total. The first-order valence-corrected chi connectivity index (χ1v) is 2.82. The van der Waals surface area contributed by atoms with Gasteiger partial charge in [0.1, 0.15) is 6.26 Å². The molecule has 1 heterocycles. The van der Waals surface area contributed by atoms with Crippen LogP contribution < -0.4 is 0 Å². The van der Waals surface area contributed by atoms with Gasteiger partial charge in [0.2, 0.25) is 0 Å². The molecule has 0 aromatic carbocycles. The fraction of sp³-hybridized carbons (Fsp3) is 0.167. The van der Waals surface area contributed by atoms with Crippen LogP contribution in [0.3, 0.4) is 0 Å². The van der Waals surface area contributed by atoms with Crippen LogP contribution in [0.15, 0.2) is 22.1 Å². The molecule has 0 aliphatic rings. The van der Waals surface area contributed by atoms with Crippen LogP contribution in [-0.2, 0) is 0 Å². The topological polar surface area (TPSA) is 74.8 Å². The van der Waals surface area contributed by atoms with E-state index in [-0.39, 0.29) is 6.54 Å². The van der Waals surface area contributed by atoms with Crippen molar-refractivity contribution in [1.29, 1.82) is 0 Å². The Balaban J connectivity index is 2.52. The Morgan fingerprint density at radius 3 is 3.36 bits per heavy atom. The molecule has 1 aromatic rings. The van der Waals surface area contributed by atoms with E-state index in [0.29, 0.717) is 5.56 Å². The smallest absolute Gasteiger partial charge is 0.139 e. The molecule has 0 unspecified atom stereocenters. The zero-order valence-electron chi connectivity index (χ0n) is 5.56. The first kappa shape index (κ1) is 7.19. The maximum Gasteiger partial charge on any atom is 0.139 e. The molecule has 0 aliphatic carbocycles. The van der Waals surface area contributed by atoms with E-state index in [0.717, 1.165) is 0 Å². The summed E-state index contributed by atoms with van der Waals surface area (Å²) in [5, 5.41) is 6.67. The number of hydrogen-bond acceptors (Lipinski definition) is 3. The zero-order valence-corrected chi connectivity index (χ0v) is 5.56. The Kier molecular flexibility index (Phi) is 2.61.